The summed E-state index contributed by atoms with van der Waals surface area (Å²) in [7, 11) is 0. The molecule has 1 unspecified atom stereocenters. The monoisotopic (exact) mass is 365 g/mol. The summed E-state index contributed by atoms with van der Waals surface area (Å²) in [5.41, 5.74) is 2.93. The largest absolute Gasteiger partial charge is 0.481 e. The van der Waals surface area contributed by atoms with Crippen LogP contribution in [0.25, 0.3) is 21.9 Å². The summed E-state index contributed by atoms with van der Waals surface area (Å²) >= 11 is 6.17. The van der Waals surface area contributed by atoms with Crippen molar-refractivity contribution in [1.82, 2.24) is 4.98 Å². The van der Waals surface area contributed by atoms with Gasteiger partial charge in [-0.2, -0.15) is 13.2 Å². The summed E-state index contributed by atoms with van der Waals surface area (Å²) < 4.78 is 43.1. The molecule has 2 nitrogen and oxygen atoms in total. The number of benzene rings is 2. The lowest BCUT2D eigenvalue weighted by atomic mass is 9.97. The van der Waals surface area contributed by atoms with E-state index in [2.05, 4.69) is 4.98 Å². The molecular formula is C19H15ClF3NO. The molecule has 6 heteroatoms. The summed E-state index contributed by atoms with van der Waals surface area (Å²) in [4.78, 5) is 4.18. The second-order valence-corrected chi connectivity index (χ2v) is 6.14. The van der Waals surface area contributed by atoms with Crippen molar-refractivity contribution in [2.75, 3.05) is 0 Å². The lowest BCUT2D eigenvalue weighted by Crippen LogP contribution is -2.31. The average Bonchev–Trinajstić information content (AvgIpc) is 2.56. The molecule has 3 aromatic rings. The van der Waals surface area contributed by atoms with E-state index in [1.165, 1.54) is 12.1 Å². The van der Waals surface area contributed by atoms with E-state index >= 15 is 0 Å². The van der Waals surface area contributed by atoms with Gasteiger partial charge in [0.05, 0.1) is 0 Å². The Balaban J connectivity index is 2.10. The molecule has 25 heavy (non-hydrogen) atoms. The SMILES string of the molecule is Cc1ccccc1-c1cnc(Cl)c2cc(OC(C)C(F)(F)F)ccc12. The third-order valence-corrected chi connectivity index (χ3v) is 4.32. The second kappa shape index (κ2) is 6.56. The van der Waals surface area contributed by atoms with Gasteiger partial charge in [0.25, 0.3) is 0 Å². The molecule has 0 saturated heterocycles. The maximum atomic E-state index is 12.7. The lowest BCUT2D eigenvalue weighted by molar-refractivity contribution is -0.189. The van der Waals surface area contributed by atoms with Crippen molar-refractivity contribution < 1.29 is 17.9 Å². The highest BCUT2D eigenvalue weighted by Gasteiger charge is 2.38. The van der Waals surface area contributed by atoms with Gasteiger partial charge in [0.2, 0.25) is 0 Å². The van der Waals surface area contributed by atoms with Crippen LogP contribution in [-0.2, 0) is 0 Å². The summed E-state index contributed by atoms with van der Waals surface area (Å²) in [6.45, 7) is 2.95. The zero-order valence-electron chi connectivity index (χ0n) is 13.6. The van der Waals surface area contributed by atoms with Gasteiger partial charge in [-0.1, -0.05) is 35.9 Å². The lowest BCUT2D eigenvalue weighted by Gasteiger charge is -2.18. The Hall–Kier alpha value is -2.27. The van der Waals surface area contributed by atoms with Gasteiger partial charge in [0, 0.05) is 17.1 Å². The van der Waals surface area contributed by atoms with E-state index in [-0.39, 0.29) is 10.9 Å². The van der Waals surface area contributed by atoms with Crippen molar-refractivity contribution in [3.05, 3.63) is 59.4 Å². The summed E-state index contributed by atoms with van der Waals surface area (Å²) in [5.74, 6) is 0.1000. The first kappa shape index (κ1) is 17.5. The van der Waals surface area contributed by atoms with Crippen molar-refractivity contribution in [3.63, 3.8) is 0 Å². The fraction of sp³-hybridized carbons (Fsp3) is 0.211. The maximum absolute atomic E-state index is 12.7. The molecule has 0 radical (unpaired) electrons. The average molecular weight is 366 g/mol. The van der Waals surface area contributed by atoms with Crippen LogP contribution in [0.4, 0.5) is 13.2 Å². The Labute approximate surface area is 148 Å². The minimum atomic E-state index is -4.43. The minimum Gasteiger partial charge on any atom is -0.481 e. The van der Waals surface area contributed by atoms with Gasteiger partial charge in [-0.25, -0.2) is 4.98 Å². The number of fused-ring (bicyclic) bond motifs is 1. The zero-order chi connectivity index (χ0) is 18.2. The van der Waals surface area contributed by atoms with Crippen LogP contribution in [0.15, 0.2) is 48.7 Å². The first-order valence-electron chi connectivity index (χ1n) is 7.65. The fourth-order valence-corrected chi connectivity index (χ4v) is 2.83. The van der Waals surface area contributed by atoms with Gasteiger partial charge in [-0.3, -0.25) is 0 Å². The van der Waals surface area contributed by atoms with Gasteiger partial charge < -0.3 is 4.74 Å². The quantitative estimate of drug-likeness (QED) is 0.516. The molecule has 1 atom stereocenters. The Morgan fingerprint density at radius 3 is 2.44 bits per heavy atom. The van der Waals surface area contributed by atoms with Crippen LogP contribution in [0.2, 0.25) is 5.15 Å². The number of pyridine rings is 1. The number of nitrogens with zero attached hydrogens (tertiary/aromatic N) is 1. The standard InChI is InChI=1S/C19H15ClF3NO/c1-11-5-3-4-6-14(11)17-10-24-18(20)16-9-13(7-8-15(16)17)25-12(2)19(21,22)23/h3-10,12H,1-2H3. The summed E-state index contributed by atoms with van der Waals surface area (Å²) in [5, 5.41) is 1.58. The number of halogens is 4. The van der Waals surface area contributed by atoms with E-state index in [4.69, 9.17) is 16.3 Å². The molecule has 0 aliphatic heterocycles. The van der Waals surface area contributed by atoms with Crippen molar-refractivity contribution in [2.24, 2.45) is 0 Å². The van der Waals surface area contributed by atoms with Gasteiger partial charge in [0.1, 0.15) is 10.9 Å². The Kier molecular flexibility index (Phi) is 4.60. The fourth-order valence-electron chi connectivity index (χ4n) is 2.62. The molecule has 0 aliphatic rings. The molecule has 3 rings (SSSR count). The number of ether oxygens (including phenoxy) is 1. The number of alkyl halides is 3. The molecule has 1 aromatic heterocycles. The van der Waals surface area contributed by atoms with Gasteiger partial charge in [-0.05, 0) is 48.6 Å². The first-order valence-corrected chi connectivity index (χ1v) is 8.03. The third kappa shape index (κ3) is 3.56. The molecule has 0 aliphatic carbocycles. The number of aryl methyl sites for hydroxylation is 1. The highest BCUT2D eigenvalue weighted by molar-refractivity contribution is 6.34. The van der Waals surface area contributed by atoms with Crippen molar-refractivity contribution in [1.29, 1.82) is 0 Å². The van der Waals surface area contributed by atoms with Crippen LogP contribution in [-0.4, -0.2) is 17.3 Å². The highest BCUT2D eigenvalue weighted by Crippen LogP contribution is 2.35. The second-order valence-electron chi connectivity index (χ2n) is 5.79. The van der Waals surface area contributed by atoms with E-state index in [0.717, 1.165) is 29.0 Å². The molecule has 2 aromatic carbocycles. The molecule has 0 amide bonds. The maximum Gasteiger partial charge on any atom is 0.425 e. The Morgan fingerprint density at radius 1 is 1.04 bits per heavy atom. The number of aromatic nitrogens is 1. The minimum absolute atomic E-state index is 0.1000. The van der Waals surface area contributed by atoms with E-state index in [1.54, 1.807) is 12.3 Å². The van der Waals surface area contributed by atoms with Crippen molar-refractivity contribution in [2.45, 2.75) is 26.1 Å². The van der Waals surface area contributed by atoms with E-state index in [9.17, 15) is 13.2 Å². The van der Waals surface area contributed by atoms with Gasteiger partial charge in [-0.15, -0.1) is 0 Å². The van der Waals surface area contributed by atoms with Gasteiger partial charge in [0.15, 0.2) is 6.10 Å². The van der Waals surface area contributed by atoms with Crippen molar-refractivity contribution >= 4 is 22.4 Å². The molecule has 0 N–H and O–H groups in total. The van der Waals surface area contributed by atoms with Crippen LogP contribution in [0.5, 0.6) is 5.75 Å². The summed E-state index contributed by atoms with van der Waals surface area (Å²) in [6.07, 6.45) is -4.66. The van der Waals surface area contributed by atoms with E-state index < -0.39 is 12.3 Å². The van der Waals surface area contributed by atoms with Crippen molar-refractivity contribution in [3.8, 4) is 16.9 Å². The number of rotatable bonds is 3. The first-order chi connectivity index (χ1) is 11.8. The van der Waals surface area contributed by atoms with E-state index in [1.807, 2.05) is 31.2 Å². The number of hydrogen-bond acceptors (Lipinski definition) is 2. The summed E-state index contributed by atoms with van der Waals surface area (Å²) in [6, 6.07) is 12.5. The molecule has 0 saturated carbocycles. The van der Waals surface area contributed by atoms with Crippen LogP contribution in [0.3, 0.4) is 0 Å². The third-order valence-electron chi connectivity index (χ3n) is 4.02. The Bertz CT molecular complexity index is 924. The number of hydrogen-bond donors (Lipinski definition) is 0. The van der Waals surface area contributed by atoms with Crippen LogP contribution in [0.1, 0.15) is 12.5 Å². The predicted octanol–water partition coefficient (Wildman–Crippen LogP) is 6.19. The smallest absolute Gasteiger partial charge is 0.425 e. The molecule has 130 valence electrons. The molecule has 1 heterocycles. The van der Waals surface area contributed by atoms with E-state index in [0.29, 0.717) is 5.39 Å². The van der Waals surface area contributed by atoms with Crippen LogP contribution >= 0.6 is 11.6 Å². The molecular weight excluding hydrogens is 351 g/mol. The molecule has 0 bridgehead atoms. The Morgan fingerprint density at radius 2 is 1.76 bits per heavy atom. The molecule has 0 fully saturated rings. The predicted molar refractivity (Wildman–Crippen MR) is 93.1 cm³/mol. The van der Waals surface area contributed by atoms with Crippen LogP contribution < -0.4 is 4.74 Å². The normalized spacial score (nSPS) is 13.0. The topological polar surface area (TPSA) is 22.1 Å². The zero-order valence-corrected chi connectivity index (χ0v) is 14.3. The van der Waals surface area contributed by atoms with Crippen LogP contribution in [0, 0.1) is 6.92 Å². The highest BCUT2D eigenvalue weighted by atomic mass is 35.5. The van der Waals surface area contributed by atoms with Gasteiger partial charge >= 0.3 is 6.18 Å². The molecule has 0 spiro atoms.